The molecule has 2 aliphatic rings. The molecule has 3 rings (SSSR count). The normalized spacial score (nSPS) is 11.0. The lowest BCUT2D eigenvalue weighted by Crippen LogP contribution is -2.21. The summed E-state index contributed by atoms with van der Waals surface area (Å²) in [6.07, 6.45) is 0. The molecule has 0 saturated heterocycles. The van der Waals surface area contributed by atoms with E-state index < -0.39 is 17.5 Å². The SMILES string of the molecule is C[N+](C)=c1ccc2nc3c(C(=O)O)cc(O)c(O)c3oc-2c1. The van der Waals surface area contributed by atoms with Crippen LogP contribution >= 0.6 is 0 Å². The molecule has 0 spiro atoms. The molecule has 0 fully saturated rings. The number of rotatable bonds is 1. The van der Waals surface area contributed by atoms with Crippen molar-refractivity contribution in [2.24, 2.45) is 0 Å². The number of aromatic hydroxyl groups is 2. The Labute approximate surface area is 124 Å². The Bertz CT molecular complexity index is 954. The first kappa shape index (κ1) is 13.9. The topological polar surface area (TPSA) is 107 Å². The highest BCUT2D eigenvalue weighted by Gasteiger charge is 2.21. The number of fused-ring (bicyclic) bond motifs is 2. The number of aromatic carboxylic acids is 1. The maximum atomic E-state index is 11.3. The van der Waals surface area contributed by atoms with Gasteiger partial charge in [-0.2, -0.15) is 0 Å². The Balaban J connectivity index is 2.50. The van der Waals surface area contributed by atoms with Crippen molar-refractivity contribution in [2.45, 2.75) is 0 Å². The number of carboxylic acid groups (broad SMARTS) is 1. The van der Waals surface area contributed by atoms with Gasteiger partial charge in [0, 0.05) is 12.1 Å². The number of aromatic nitrogens is 1. The van der Waals surface area contributed by atoms with Gasteiger partial charge in [-0.05, 0) is 6.07 Å². The molecule has 7 nitrogen and oxygen atoms in total. The summed E-state index contributed by atoms with van der Waals surface area (Å²) >= 11 is 0. The fourth-order valence-corrected chi connectivity index (χ4v) is 2.18. The second-order valence-electron chi connectivity index (χ2n) is 5.04. The predicted octanol–water partition coefficient (Wildman–Crippen LogP) is 1.07. The van der Waals surface area contributed by atoms with Crippen LogP contribution in [-0.2, 0) is 0 Å². The third-order valence-electron chi connectivity index (χ3n) is 3.34. The van der Waals surface area contributed by atoms with Crippen LogP contribution in [0, 0.1) is 0 Å². The summed E-state index contributed by atoms with van der Waals surface area (Å²) in [6.45, 7) is 0. The van der Waals surface area contributed by atoms with Gasteiger partial charge in [0.05, 0.1) is 11.6 Å². The van der Waals surface area contributed by atoms with E-state index in [1.54, 1.807) is 12.1 Å². The minimum absolute atomic E-state index is 0.0205. The van der Waals surface area contributed by atoms with Gasteiger partial charge in [-0.1, -0.05) is 0 Å². The molecule has 1 aromatic rings. The highest BCUT2D eigenvalue weighted by molar-refractivity contribution is 6.03. The molecule has 1 aliphatic heterocycles. The van der Waals surface area contributed by atoms with Crippen molar-refractivity contribution in [3.8, 4) is 23.0 Å². The maximum Gasteiger partial charge on any atom is 0.338 e. The van der Waals surface area contributed by atoms with Crippen molar-refractivity contribution in [3.05, 3.63) is 35.2 Å². The molecule has 0 unspecified atom stereocenters. The molecular formula is C15H13N2O5+. The Morgan fingerprint density at radius 1 is 1.23 bits per heavy atom. The minimum Gasteiger partial charge on any atom is -0.504 e. The first-order valence-corrected chi connectivity index (χ1v) is 6.41. The fourth-order valence-electron chi connectivity index (χ4n) is 2.18. The standard InChI is InChI=1S/C15H12N2O5/c1-17(2)7-3-4-9-11(5-7)22-14-12(16-9)8(15(20)21)6-10(18)13(14)19/h3-6H,1-2H3,(H2,16,19,20,21)/p+1. The van der Waals surface area contributed by atoms with E-state index in [0.717, 1.165) is 11.4 Å². The lowest BCUT2D eigenvalue weighted by atomic mass is 10.1. The molecule has 0 atom stereocenters. The first-order valence-electron chi connectivity index (χ1n) is 6.41. The Hall–Kier alpha value is -3.09. The number of benzene rings is 2. The molecule has 1 heterocycles. The van der Waals surface area contributed by atoms with Crippen LogP contribution in [0.15, 0.2) is 28.7 Å². The maximum absolute atomic E-state index is 11.3. The van der Waals surface area contributed by atoms with Crippen molar-refractivity contribution < 1.29 is 24.5 Å². The lowest BCUT2D eigenvalue weighted by molar-refractivity contribution is 0.0698. The van der Waals surface area contributed by atoms with Gasteiger partial charge >= 0.3 is 5.97 Å². The van der Waals surface area contributed by atoms with Crippen LogP contribution in [0.4, 0.5) is 0 Å². The zero-order valence-corrected chi connectivity index (χ0v) is 11.9. The zero-order chi connectivity index (χ0) is 16.0. The summed E-state index contributed by atoms with van der Waals surface area (Å²) in [5.74, 6) is -2.01. The lowest BCUT2D eigenvalue weighted by Gasteiger charge is -2.09. The monoisotopic (exact) mass is 301 g/mol. The molecule has 22 heavy (non-hydrogen) atoms. The second-order valence-corrected chi connectivity index (χ2v) is 5.04. The molecule has 3 N–H and O–H groups in total. The molecule has 0 bridgehead atoms. The fraction of sp³-hybridized carbons (Fsp3) is 0.133. The van der Waals surface area contributed by atoms with Crippen LogP contribution in [0.5, 0.6) is 11.5 Å². The minimum atomic E-state index is -1.27. The first-order chi connectivity index (χ1) is 10.4. The van der Waals surface area contributed by atoms with E-state index in [4.69, 9.17) is 4.42 Å². The van der Waals surface area contributed by atoms with Gasteiger partial charge in [-0.25, -0.2) is 14.4 Å². The summed E-state index contributed by atoms with van der Waals surface area (Å²) in [4.78, 5) is 15.5. The van der Waals surface area contributed by atoms with E-state index in [1.807, 2.05) is 24.7 Å². The van der Waals surface area contributed by atoms with Gasteiger partial charge in [-0.3, -0.25) is 0 Å². The Morgan fingerprint density at radius 2 is 1.95 bits per heavy atom. The average molecular weight is 301 g/mol. The highest BCUT2D eigenvalue weighted by atomic mass is 16.4. The van der Waals surface area contributed by atoms with Crippen molar-refractivity contribution in [2.75, 3.05) is 14.1 Å². The summed E-state index contributed by atoms with van der Waals surface area (Å²) < 4.78 is 7.44. The van der Waals surface area contributed by atoms with Crippen LogP contribution < -0.4 is 9.93 Å². The van der Waals surface area contributed by atoms with E-state index >= 15 is 0 Å². The summed E-state index contributed by atoms with van der Waals surface area (Å²) in [7, 11) is 3.73. The van der Waals surface area contributed by atoms with Crippen LogP contribution in [0.3, 0.4) is 0 Å². The van der Waals surface area contributed by atoms with Gasteiger partial charge in [0.2, 0.25) is 11.1 Å². The number of carboxylic acids is 1. The number of hydrogen-bond acceptors (Lipinski definition) is 5. The third kappa shape index (κ3) is 2.03. The number of phenols is 2. The number of phenolic OH excluding ortho intramolecular Hbond substituents is 2. The van der Waals surface area contributed by atoms with Crippen LogP contribution in [0.2, 0.25) is 0 Å². The van der Waals surface area contributed by atoms with Gasteiger partial charge in [0.15, 0.2) is 17.1 Å². The number of hydrogen-bond donors (Lipinski definition) is 3. The molecule has 0 saturated carbocycles. The second kappa shape index (κ2) is 4.73. The number of nitrogens with zero attached hydrogens (tertiary/aromatic N) is 2. The molecule has 0 radical (unpaired) electrons. The number of carbonyl (C=O) groups is 1. The predicted molar refractivity (Wildman–Crippen MR) is 78.0 cm³/mol. The van der Waals surface area contributed by atoms with Crippen molar-refractivity contribution in [1.29, 1.82) is 0 Å². The van der Waals surface area contributed by atoms with E-state index in [9.17, 15) is 20.1 Å². The van der Waals surface area contributed by atoms with E-state index in [1.165, 1.54) is 0 Å². The van der Waals surface area contributed by atoms with E-state index in [-0.39, 0.29) is 16.7 Å². The molecule has 0 amide bonds. The van der Waals surface area contributed by atoms with E-state index in [0.29, 0.717) is 11.5 Å². The van der Waals surface area contributed by atoms with Gasteiger partial charge in [0.25, 0.3) is 0 Å². The highest BCUT2D eigenvalue weighted by Crippen LogP contribution is 2.37. The molecule has 112 valence electrons. The summed E-state index contributed by atoms with van der Waals surface area (Å²) in [6, 6.07) is 6.18. The van der Waals surface area contributed by atoms with Crippen molar-refractivity contribution >= 4 is 17.1 Å². The molecule has 1 aromatic carbocycles. The average Bonchev–Trinajstić information content (AvgIpc) is 2.48. The molecule has 7 heteroatoms. The smallest absolute Gasteiger partial charge is 0.338 e. The van der Waals surface area contributed by atoms with Crippen molar-refractivity contribution in [1.82, 2.24) is 9.56 Å². The van der Waals surface area contributed by atoms with Gasteiger partial charge in [-0.15, -0.1) is 0 Å². The quantitative estimate of drug-likeness (QED) is 0.353. The zero-order valence-electron chi connectivity index (χ0n) is 11.9. The summed E-state index contributed by atoms with van der Waals surface area (Å²) in [5, 5.41) is 29.6. The molecule has 0 aromatic heterocycles. The van der Waals surface area contributed by atoms with Crippen LogP contribution in [0.1, 0.15) is 10.4 Å². The summed E-state index contributed by atoms with van der Waals surface area (Å²) in [5.41, 5.74) is 0.0204. The van der Waals surface area contributed by atoms with Crippen molar-refractivity contribution in [3.63, 3.8) is 0 Å². The molecule has 1 aliphatic carbocycles. The van der Waals surface area contributed by atoms with Crippen LogP contribution in [-0.4, -0.2) is 40.4 Å². The largest absolute Gasteiger partial charge is 0.504 e. The Morgan fingerprint density at radius 3 is 2.59 bits per heavy atom. The van der Waals surface area contributed by atoms with Crippen LogP contribution in [0.25, 0.3) is 22.6 Å². The Kier molecular flexibility index (Phi) is 2.98. The van der Waals surface area contributed by atoms with E-state index in [2.05, 4.69) is 4.98 Å². The molecular weight excluding hydrogens is 288 g/mol. The third-order valence-corrected chi connectivity index (χ3v) is 3.34. The van der Waals surface area contributed by atoms with Gasteiger partial charge in [0.1, 0.15) is 25.3 Å². The van der Waals surface area contributed by atoms with Gasteiger partial charge < -0.3 is 19.7 Å².